The van der Waals surface area contributed by atoms with Gasteiger partial charge in [-0.3, -0.25) is 0 Å². The van der Waals surface area contributed by atoms with E-state index in [0.717, 1.165) is 17.7 Å². The van der Waals surface area contributed by atoms with Crippen molar-refractivity contribution in [1.82, 2.24) is 5.32 Å². The SMILES string of the molecule is CNCc1cccc(-c2c(Cl)cc(Cl)c(Cl)c2Cl)c1. The van der Waals surface area contributed by atoms with Gasteiger partial charge in [0.25, 0.3) is 0 Å². The normalized spacial score (nSPS) is 10.8. The highest BCUT2D eigenvalue weighted by Gasteiger charge is 2.15. The maximum absolute atomic E-state index is 6.25. The van der Waals surface area contributed by atoms with Crippen molar-refractivity contribution in [2.24, 2.45) is 0 Å². The molecule has 0 saturated carbocycles. The van der Waals surface area contributed by atoms with Gasteiger partial charge in [-0.25, -0.2) is 0 Å². The van der Waals surface area contributed by atoms with E-state index in [1.165, 1.54) is 0 Å². The quantitative estimate of drug-likeness (QED) is 0.562. The molecule has 0 amide bonds. The van der Waals surface area contributed by atoms with Gasteiger partial charge in [0.05, 0.1) is 20.1 Å². The fraction of sp³-hybridized carbons (Fsp3) is 0.143. The minimum absolute atomic E-state index is 0.321. The Hall–Kier alpha value is -0.440. The minimum Gasteiger partial charge on any atom is -0.316 e. The molecule has 0 atom stereocenters. The van der Waals surface area contributed by atoms with Crippen molar-refractivity contribution >= 4 is 46.4 Å². The molecule has 0 aromatic heterocycles. The molecule has 2 aromatic carbocycles. The summed E-state index contributed by atoms with van der Waals surface area (Å²) < 4.78 is 0. The smallest absolute Gasteiger partial charge is 0.0785 e. The molecule has 0 bridgehead atoms. The van der Waals surface area contributed by atoms with Gasteiger partial charge in [-0.05, 0) is 30.3 Å². The summed E-state index contributed by atoms with van der Waals surface area (Å²) in [5.74, 6) is 0. The molecule has 0 spiro atoms. The van der Waals surface area contributed by atoms with Crippen LogP contribution >= 0.6 is 46.4 Å². The summed E-state index contributed by atoms with van der Waals surface area (Å²) in [6, 6.07) is 9.55. The van der Waals surface area contributed by atoms with Gasteiger partial charge >= 0.3 is 0 Å². The standard InChI is InChI=1S/C14H11Cl4N/c1-19-7-8-3-2-4-9(5-8)12-10(15)6-11(16)13(17)14(12)18/h2-6,19H,7H2,1H3. The van der Waals surface area contributed by atoms with E-state index in [2.05, 4.69) is 5.32 Å². The van der Waals surface area contributed by atoms with Crippen LogP contribution in [-0.2, 0) is 6.54 Å². The second-order valence-electron chi connectivity index (χ2n) is 4.07. The molecule has 100 valence electrons. The van der Waals surface area contributed by atoms with E-state index in [1.54, 1.807) is 6.07 Å². The van der Waals surface area contributed by atoms with Crippen LogP contribution in [0.1, 0.15) is 5.56 Å². The van der Waals surface area contributed by atoms with Gasteiger partial charge in [-0.1, -0.05) is 64.6 Å². The van der Waals surface area contributed by atoms with Crippen LogP contribution in [0.3, 0.4) is 0 Å². The molecule has 0 fully saturated rings. The Labute approximate surface area is 132 Å². The highest BCUT2D eigenvalue weighted by Crippen LogP contribution is 2.43. The van der Waals surface area contributed by atoms with Crippen LogP contribution in [0.15, 0.2) is 30.3 Å². The monoisotopic (exact) mass is 333 g/mol. The zero-order chi connectivity index (χ0) is 14.0. The zero-order valence-corrected chi connectivity index (χ0v) is 13.1. The molecule has 0 aliphatic rings. The Kier molecular flexibility index (Phi) is 4.99. The Morgan fingerprint density at radius 2 is 1.68 bits per heavy atom. The maximum Gasteiger partial charge on any atom is 0.0785 e. The van der Waals surface area contributed by atoms with Crippen LogP contribution in [0.25, 0.3) is 11.1 Å². The molecule has 0 saturated heterocycles. The lowest BCUT2D eigenvalue weighted by molar-refractivity contribution is 0.818. The molecular weight excluding hydrogens is 324 g/mol. The summed E-state index contributed by atoms with van der Waals surface area (Å²) in [6.45, 7) is 0.768. The first-order valence-corrected chi connectivity index (χ1v) is 7.12. The summed E-state index contributed by atoms with van der Waals surface area (Å²) in [5.41, 5.74) is 2.76. The molecule has 5 heteroatoms. The number of nitrogens with one attached hydrogen (secondary N) is 1. The van der Waals surface area contributed by atoms with E-state index >= 15 is 0 Å². The van der Waals surface area contributed by atoms with Gasteiger partial charge in [0.15, 0.2) is 0 Å². The largest absolute Gasteiger partial charge is 0.316 e. The highest BCUT2D eigenvalue weighted by atomic mass is 35.5. The molecule has 0 heterocycles. The first-order chi connectivity index (χ1) is 9.04. The van der Waals surface area contributed by atoms with Crippen LogP contribution in [0.5, 0.6) is 0 Å². The van der Waals surface area contributed by atoms with E-state index < -0.39 is 0 Å². The second kappa shape index (κ2) is 6.34. The van der Waals surface area contributed by atoms with Crippen molar-refractivity contribution in [3.05, 3.63) is 56.0 Å². The maximum atomic E-state index is 6.25. The fourth-order valence-corrected chi connectivity index (χ4v) is 3.00. The number of benzene rings is 2. The lowest BCUT2D eigenvalue weighted by atomic mass is 10.0. The van der Waals surface area contributed by atoms with Crippen molar-refractivity contribution in [3.8, 4) is 11.1 Å². The van der Waals surface area contributed by atoms with Crippen LogP contribution < -0.4 is 5.32 Å². The zero-order valence-electron chi connectivity index (χ0n) is 10.1. The number of hydrogen-bond donors (Lipinski definition) is 1. The lowest BCUT2D eigenvalue weighted by Gasteiger charge is -2.11. The van der Waals surface area contributed by atoms with Crippen LogP contribution in [0.4, 0.5) is 0 Å². The molecule has 19 heavy (non-hydrogen) atoms. The lowest BCUT2D eigenvalue weighted by Crippen LogP contribution is -2.04. The van der Waals surface area contributed by atoms with Crippen LogP contribution in [0.2, 0.25) is 20.1 Å². The first-order valence-electron chi connectivity index (χ1n) is 5.61. The van der Waals surface area contributed by atoms with Gasteiger partial charge in [0.2, 0.25) is 0 Å². The third-order valence-electron chi connectivity index (χ3n) is 2.71. The number of hydrogen-bond acceptors (Lipinski definition) is 1. The average Bonchev–Trinajstić information content (AvgIpc) is 2.37. The molecule has 1 nitrogen and oxygen atoms in total. The molecular formula is C14H11Cl4N. The molecule has 0 aliphatic heterocycles. The Balaban J connectivity index is 2.59. The van der Waals surface area contributed by atoms with E-state index in [-0.39, 0.29) is 0 Å². The van der Waals surface area contributed by atoms with Crippen molar-refractivity contribution in [2.45, 2.75) is 6.54 Å². The van der Waals surface area contributed by atoms with E-state index in [1.807, 2.05) is 31.3 Å². The van der Waals surface area contributed by atoms with E-state index in [9.17, 15) is 0 Å². The van der Waals surface area contributed by atoms with Gasteiger partial charge in [0.1, 0.15) is 0 Å². The average molecular weight is 335 g/mol. The van der Waals surface area contributed by atoms with Gasteiger partial charge in [-0.2, -0.15) is 0 Å². The predicted octanol–water partition coefficient (Wildman–Crippen LogP) is 5.69. The molecule has 2 rings (SSSR count). The Morgan fingerprint density at radius 3 is 2.37 bits per heavy atom. The van der Waals surface area contributed by atoms with Gasteiger partial charge < -0.3 is 5.32 Å². The Bertz CT molecular complexity index is 611. The molecule has 2 aromatic rings. The minimum atomic E-state index is 0.321. The van der Waals surface area contributed by atoms with Gasteiger partial charge in [-0.15, -0.1) is 0 Å². The third-order valence-corrected chi connectivity index (χ3v) is 4.27. The molecule has 1 N–H and O–H groups in total. The van der Waals surface area contributed by atoms with Crippen LogP contribution in [-0.4, -0.2) is 7.05 Å². The van der Waals surface area contributed by atoms with E-state index in [0.29, 0.717) is 25.7 Å². The van der Waals surface area contributed by atoms with E-state index in [4.69, 9.17) is 46.4 Å². The highest BCUT2D eigenvalue weighted by molar-refractivity contribution is 6.51. The first kappa shape index (κ1) is 15.0. The number of rotatable bonds is 3. The van der Waals surface area contributed by atoms with Crippen LogP contribution in [0, 0.1) is 0 Å². The topological polar surface area (TPSA) is 12.0 Å². The summed E-state index contributed by atoms with van der Waals surface area (Å²) in [4.78, 5) is 0. The summed E-state index contributed by atoms with van der Waals surface area (Å²) in [7, 11) is 1.89. The van der Waals surface area contributed by atoms with Crippen molar-refractivity contribution in [2.75, 3.05) is 7.05 Å². The summed E-state index contributed by atoms with van der Waals surface area (Å²) >= 11 is 24.5. The molecule has 0 unspecified atom stereocenters. The molecule has 0 aliphatic carbocycles. The molecule has 0 radical (unpaired) electrons. The second-order valence-corrected chi connectivity index (χ2v) is 5.64. The predicted molar refractivity (Wildman–Crippen MR) is 84.7 cm³/mol. The van der Waals surface area contributed by atoms with Crippen molar-refractivity contribution < 1.29 is 0 Å². The summed E-state index contributed by atoms with van der Waals surface area (Å²) in [6.07, 6.45) is 0. The number of halogens is 4. The third kappa shape index (κ3) is 3.18. The Morgan fingerprint density at radius 1 is 0.947 bits per heavy atom. The van der Waals surface area contributed by atoms with Crippen molar-refractivity contribution in [1.29, 1.82) is 0 Å². The fourth-order valence-electron chi connectivity index (χ4n) is 1.87. The van der Waals surface area contributed by atoms with Crippen molar-refractivity contribution in [3.63, 3.8) is 0 Å². The van der Waals surface area contributed by atoms with Gasteiger partial charge in [0, 0.05) is 12.1 Å². The summed E-state index contributed by atoms with van der Waals surface area (Å²) in [5, 5.41) is 4.64.